The van der Waals surface area contributed by atoms with Gasteiger partial charge < -0.3 is 15.6 Å². The Bertz CT molecular complexity index is 544. The smallest absolute Gasteiger partial charge is 0.271 e. The maximum absolute atomic E-state index is 11.9. The minimum absolute atomic E-state index is 0.135. The van der Waals surface area contributed by atoms with E-state index in [-0.39, 0.29) is 11.9 Å². The molecule has 0 saturated heterocycles. The third-order valence-corrected chi connectivity index (χ3v) is 3.67. The largest absolute Gasteiger partial charge is 0.353 e. The second-order valence-corrected chi connectivity index (χ2v) is 5.04. The number of nitrogens with zero attached hydrogens (tertiary/aromatic N) is 2. The molecule has 0 aliphatic rings. The average Bonchev–Trinajstić information content (AvgIpc) is 2.94. The van der Waals surface area contributed by atoms with E-state index >= 15 is 0 Å². The van der Waals surface area contributed by atoms with Gasteiger partial charge in [-0.25, -0.2) is 4.98 Å². The molecule has 6 heteroatoms. The molecule has 0 bridgehead atoms. The molecular formula is C12H16N4OS. The van der Waals surface area contributed by atoms with E-state index in [1.54, 1.807) is 5.38 Å². The summed E-state index contributed by atoms with van der Waals surface area (Å²) in [6, 6.07) is 3.78. The monoisotopic (exact) mass is 264 g/mol. The summed E-state index contributed by atoms with van der Waals surface area (Å²) in [5.41, 5.74) is 7.19. The summed E-state index contributed by atoms with van der Waals surface area (Å²) >= 11 is 1.41. The molecule has 0 spiro atoms. The van der Waals surface area contributed by atoms with Gasteiger partial charge in [0.15, 0.2) is 0 Å². The van der Waals surface area contributed by atoms with E-state index in [4.69, 9.17) is 5.73 Å². The van der Waals surface area contributed by atoms with E-state index < -0.39 is 0 Å². The molecule has 0 fully saturated rings. The number of amides is 1. The number of rotatable bonds is 4. The van der Waals surface area contributed by atoms with Crippen molar-refractivity contribution in [3.05, 3.63) is 40.1 Å². The van der Waals surface area contributed by atoms with E-state index in [2.05, 4.69) is 10.3 Å². The van der Waals surface area contributed by atoms with Gasteiger partial charge >= 0.3 is 0 Å². The highest BCUT2D eigenvalue weighted by Gasteiger charge is 2.12. The van der Waals surface area contributed by atoms with Gasteiger partial charge in [0.25, 0.3) is 5.91 Å². The molecule has 1 unspecified atom stereocenters. The molecular weight excluding hydrogens is 248 g/mol. The van der Waals surface area contributed by atoms with Crippen LogP contribution in [-0.4, -0.2) is 15.5 Å². The highest BCUT2D eigenvalue weighted by atomic mass is 32.1. The Balaban J connectivity index is 1.97. The zero-order valence-corrected chi connectivity index (χ0v) is 11.2. The molecule has 0 aliphatic carbocycles. The molecule has 1 atom stereocenters. The van der Waals surface area contributed by atoms with Crippen molar-refractivity contribution in [3.8, 4) is 0 Å². The van der Waals surface area contributed by atoms with Gasteiger partial charge in [-0.05, 0) is 19.1 Å². The van der Waals surface area contributed by atoms with Crippen molar-refractivity contribution in [1.82, 2.24) is 14.9 Å². The summed E-state index contributed by atoms with van der Waals surface area (Å²) in [6.07, 6.45) is 1.94. The summed E-state index contributed by atoms with van der Waals surface area (Å²) in [4.78, 5) is 16.1. The maximum Gasteiger partial charge on any atom is 0.271 e. The molecule has 2 aromatic rings. The van der Waals surface area contributed by atoms with Gasteiger partial charge in [0, 0.05) is 24.3 Å². The summed E-state index contributed by atoms with van der Waals surface area (Å²) in [5, 5.41) is 5.35. The highest BCUT2D eigenvalue weighted by molar-refractivity contribution is 7.09. The number of thiazole rings is 1. The van der Waals surface area contributed by atoms with Gasteiger partial charge in [0.05, 0.1) is 12.6 Å². The third kappa shape index (κ3) is 2.77. The van der Waals surface area contributed by atoms with Crippen LogP contribution in [0.4, 0.5) is 0 Å². The minimum Gasteiger partial charge on any atom is -0.353 e. The number of carbonyl (C=O) groups excluding carboxylic acids is 1. The number of nitrogens with two attached hydrogens (primary N) is 1. The molecule has 96 valence electrons. The van der Waals surface area contributed by atoms with Crippen molar-refractivity contribution in [2.24, 2.45) is 12.8 Å². The fraction of sp³-hybridized carbons (Fsp3) is 0.333. The Morgan fingerprint density at radius 1 is 1.67 bits per heavy atom. The lowest BCUT2D eigenvalue weighted by Crippen LogP contribution is -2.24. The van der Waals surface area contributed by atoms with Gasteiger partial charge in [-0.3, -0.25) is 4.79 Å². The molecule has 0 saturated carbocycles. The number of aryl methyl sites for hydroxylation is 1. The molecule has 1 amide bonds. The molecule has 0 radical (unpaired) electrons. The average molecular weight is 264 g/mol. The molecule has 0 aliphatic heterocycles. The Hall–Kier alpha value is -1.66. The Labute approximate surface area is 110 Å². The van der Waals surface area contributed by atoms with Crippen molar-refractivity contribution in [2.45, 2.75) is 19.5 Å². The Morgan fingerprint density at radius 3 is 3.00 bits per heavy atom. The number of carbonyl (C=O) groups is 1. The molecule has 2 rings (SSSR count). The van der Waals surface area contributed by atoms with Crippen molar-refractivity contribution in [2.75, 3.05) is 0 Å². The van der Waals surface area contributed by atoms with E-state index in [9.17, 15) is 4.79 Å². The lowest BCUT2D eigenvalue weighted by Gasteiger charge is -2.04. The second kappa shape index (κ2) is 5.32. The van der Waals surface area contributed by atoms with Crippen LogP contribution in [0.1, 0.15) is 34.2 Å². The first-order chi connectivity index (χ1) is 8.58. The fourth-order valence-corrected chi connectivity index (χ4v) is 2.30. The van der Waals surface area contributed by atoms with E-state index in [0.717, 1.165) is 10.7 Å². The van der Waals surface area contributed by atoms with Crippen LogP contribution >= 0.6 is 11.3 Å². The summed E-state index contributed by atoms with van der Waals surface area (Å²) in [7, 11) is 1.94. The Morgan fingerprint density at radius 2 is 2.44 bits per heavy atom. The maximum atomic E-state index is 11.9. The van der Waals surface area contributed by atoms with E-state index in [0.29, 0.717) is 12.2 Å². The molecule has 2 heterocycles. The van der Waals surface area contributed by atoms with Gasteiger partial charge in [-0.15, -0.1) is 11.3 Å². The van der Waals surface area contributed by atoms with Crippen molar-refractivity contribution >= 4 is 17.2 Å². The SMILES string of the molecule is CC(N)c1nc(C(=O)NCc2cccn2C)cs1. The van der Waals surface area contributed by atoms with Crippen molar-refractivity contribution < 1.29 is 4.79 Å². The topological polar surface area (TPSA) is 72.9 Å². The van der Waals surface area contributed by atoms with Gasteiger partial charge in [-0.2, -0.15) is 0 Å². The predicted molar refractivity (Wildman–Crippen MR) is 71.3 cm³/mol. The fourth-order valence-electron chi connectivity index (χ4n) is 1.54. The molecule has 18 heavy (non-hydrogen) atoms. The lowest BCUT2D eigenvalue weighted by molar-refractivity contribution is 0.0945. The predicted octanol–water partition coefficient (Wildman–Crippen LogP) is 1.43. The Kier molecular flexibility index (Phi) is 3.78. The summed E-state index contributed by atoms with van der Waals surface area (Å²) < 4.78 is 1.97. The van der Waals surface area contributed by atoms with E-state index in [1.807, 2.05) is 36.9 Å². The van der Waals surface area contributed by atoms with Gasteiger partial charge in [0.2, 0.25) is 0 Å². The summed E-state index contributed by atoms with van der Waals surface area (Å²) in [6.45, 7) is 2.35. The van der Waals surface area contributed by atoms with Crippen LogP contribution in [0, 0.1) is 0 Å². The second-order valence-electron chi connectivity index (χ2n) is 4.15. The number of hydrogen-bond acceptors (Lipinski definition) is 4. The number of hydrogen-bond donors (Lipinski definition) is 2. The van der Waals surface area contributed by atoms with Crippen LogP contribution in [0.5, 0.6) is 0 Å². The lowest BCUT2D eigenvalue weighted by atomic mass is 10.3. The third-order valence-electron chi connectivity index (χ3n) is 2.63. The summed E-state index contributed by atoms with van der Waals surface area (Å²) in [5.74, 6) is -0.167. The van der Waals surface area contributed by atoms with Crippen LogP contribution in [0.25, 0.3) is 0 Å². The minimum atomic E-state index is -0.167. The normalized spacial score (nSPS) is 12.4. The van der Waals surface area contributed by atoms with Crippen LogP contribution in [0.15, 0.2) is 23.7 Å². The number of aromatic nitrogens is 2. The molecule has 0 aromatic carbocycles. The zero-order valence-electron chi connectivity index (χ0n) is 10.4. The molecule has 2 aromatic heterocycles. The first-order valence-electron chi connectivity index (χ1n) is 5.67. The van der Waals surface area contributed by atoms with Crippen LogP contribution in [-0.2, 0) is 13.6 Å². The van der Waals surface area contributed by atoms with Crippen LogP contribution < -0.4 is 11.1 Å². The van der Waals surface area contributed by atoms with Crippen molar-refractivity contribution in [3.63, 3.8) is 0 Å². The quantitative estimate of drug-likeness (QED) is 0.877. The highest BCUT2D eigenvalue weighted by Crippen LogP contribution is 2.15. The first-order valence-corrected chi connectivity index (χ1v) is 6.55. The molecule has 5 nitrogen and oxygen atoms in total. The van der Waals surface area contributed by atoms with Gasteiger partial charge in [0.1, 0.15) is 10.7 Å². The zero-order chi connectivity index (χ0) is 13.1. The molecule has 3 N–H and O–H groups in total. The van der Waals surface area contributed by atoms with Crippen LogP contribution in [0.2, 0.25) is 0 Å². The first kappa shape index (κ1) is 12.8. The van der Waals surface area contributed by atoms with Crippen molar-refractivity contribution in [1.29, 1.82) is 0 Å². The van der Waals surface area contributed by atoms with Gasteiger partial charge in [-0.1, -0.05) is 0 Å². The standard InChI is InChI=1S/C12H16N4OS/c1-8(13)12-15-10(7-18-12)11(17)14-6-9-4-3-5-16(9)2/h3-5,7-8H,6,13H2,1-2H3,(H,14,17). The number of nitrogens with one attached hydrogen (secondary N) is 1. The van der Waals surface area contributed by atoms with E-state index in [1.165, 1.54) is 11.3 Å². The van der Waals surface area contributed by atoms with Crippen LogP contribution in [0.3, 0.4) is 0 Å².